The molecule has 0 aliphatic carbocycles. The molecular formula is C11H10ClNO2. The quantitative estimate of drug-likeness (QED) is 0.739. The molecule has 0 saturated carbocycles. The minimum absolute atomic E-state index is 0.196. The van der Waals surface area contributed by atoms with Gasteiger partial charge >= 0.3 is 0 Å². The van der Waals surface area contributed by atoms with Gasteiger partial charge in [0.1, 0.15) is 0 Å². The molecule has 15 heavy (non-hydrogen) atoms. The molecule has 0 bridgehead atoms. The molecule has 3 nitrogen and oxygen atoms in total. The number of nitrogens with one attached hydrogen (secondary N) is 1. The number of hydrogen-bond donors (Lipinski definition) is 1. The number of halogens is 1. The Labute approximate surface area is 92.4 Å². The number of rotatable bonds is 1. The van der Waals surface area contributed by atoms with Gasteiger partial charge in [-0.05, 0) is 24.1 Å². The molecule has 1 N–H and O–H groups in total. The largest absolute Gasteiger partial charge is 0.296 e. The molecule has 4 heteroatoms. The van der Waals surface area contributed by atoms with E-state index in [1.54, 1.807) is 18.2 Å². The molecule has 0 aromatic heterocycles. The standard InChI is InChI=1S/C11H10ClNO2/c12-8-3-1-2-7(6-8)9-4-5-10(14)13-11(9)15/h1-3,6,9H,4-5H2,(H,13,14,15). The fourth-order valence-corrected chi connectivity index (χ4v) is 1.93. The predicted molar refractivity (Wildman–Crippen MR) is 56.6 cm³/mol. The summed E-state index contributed by atoms with van der Waals surface area (Å²) in [6, 6.07) is 7.19. The van der Waals surface area contributed by atoms with Crippen LogP contribution in [0.3, 0.4) is 0 Å². The number of carbonyl (C=O) groups excluding carboxylic acids is 2. The summed E-state index contributed by atoms with van der Waals surface area (Å²) in [5, 5.41) is 2.93. The number of imide groups is 1. The van der Waals surface area contributed by atoms with Gasteiger partial charge in [-0.2, -0.15) is 0 Å². The first-order valence-electron chi connectivity index (χ1n) is 4.76. The van der Waals surface area contributed by atoms with E-state index in [0.717, 1.165) is 5.56 Å². The molecule has 0 spiro atoms. The molecular weight excluding hydrogens is 214 g/mol. The molecule has 1 saturated heterocycles. The highest BCUT2D eigenvalue weighted by Crippen LogP contribution is 2.26. The summed E-state index contributed by atoms with van der Waals surface area (Å²) < 4.78 is 0. The van der Waals surface area contributed by atoms with Crippen molar-refractivity contribution < 1.29 is 9.59 Å². The minimum atomic E-state index is -0.249. The van der Waals surface area contributed by atoms with E-state index in [1.165, 1.54) is 0 Å². The average molecular weight is 224 g/mol. The summed E-state index contributed by atoms with van der Waals surface area (Å²) in [4.78, 5) is 22.5. The molecule has 0 radical (unpaired) electrons. The van der Waals surface area contributed by atoms with Crippen LogP contribution in [0, 0.1) is 0 Å². The van der Waals surface area contributed by atoms with Gasteiger partial charge in [-0.25, -0.2) is 0 Å². The lowest BCUT2D eigenvalue weighted by atomic mass is 9.91. The van der Waals surface area contributed by atoms with Crippen LogP contribution in [0.25, 0.3) is 0 Å². The second-order valence-corrected chi connectivity index (χ2v) is 4.00. The monoisotopic (exact) mass is 223 g/mol. The normalized spacial score (nSPS) is 21.3. The van der Waals surface area contributed by atoms with Crippen LogP contribution in [0.2, 0.25) is 5.02 Å². The van der Waals surface area contributed by atoms with Gasteiger partial charge in [0.05, 0.1) is 5.92 Å². The third-order valence-electron chi connectivity index (χ3n) is 2.49. The number of piperidine rings is 1. The SMILES string of the molecule is O=C1CCC(c2cccc(Cl)c2)C(=O)N1. The third-order valence-corrected chi connectivity index (χ3v) is 2.73. The maximum atomic E-state index is 11.5. The lowest BCUT2D eigenvalue weighted by Gasteiger charge is -2.21. The highest BCUT2D eigenvalue weighted by Gasteiger charge is 2.27. The van der Waals surface area contributed by atoms with Gasteiger partial charge in [-0.1, -0.05) is 23.7 Å². The first-order valence-corrected chi connectivity index (χ1v) is 5.14. The lowest BCUT2D eigenvalue weighted by molar-refractivity contribution is -0.134. The molecule has 1 aliphatic rings. The van der Waals surface area contributed by atoms with E-state index >= 15 is 0 Å². The summed E-state index contributed by atoms with van der Waals surface area (Å²) in [5.74, 6) is -0.673. The number of amides is 2. The number of benzene rings is 1. The van der Waals surface area contributed by atoms with E-state index in [4.69, 9.17) is 11.6 Å². The number of carbonyl (C=O) groups is 2. The van der Waals surface area contributed by atoms with E-state index in [1.807, 2.05) is 6.07 Å². The van der Waals surface area contributed by atoms with Crippen molar-refractivity contribution in [2.24, 2.45) is 0 Å². The second kappa shape index (κ2) is 4.03. The first kappa shape index (κ1) is 10.2. The minimum Gasteiger partial charge on any atom is -0.296 e. The van der Waals surface area contributed by atoms with Crippen LogP contribution >= 0.6 is 11.6 Å². The highest BCUT2D eigenvalue weighted by atomic mass is 35.5. The van der Waals surface area contributed by atoms with Crippen molar-refractivity contribution in [3.63, 3.8) is 0 Å². The van der Waals surface area contributed by atoms with E-state index < -0.39 is 0 Å². The van der Waals surface area contributed by atoms with E-state index in [-0.39, 0.29) is 17.7 Å². The summed E-state index contributed by atoms with van der Waals surface area (Å²) in [7, 11) is 0. The topological polar surface area (TPSA) is 46.2 Å². The van der Waals surface area contributed by atoms with Gasteiger partial charge < -0.3 is 0 Å². The van der Waals surface area contributed by atoms with E-state index in [0.29, 0.717) is 17.9 Å². The fourth-order valence-electron chi connectivity index (χ4n) is 1.73. The summed E-state index contributed by atoms with van der Waals surface area (Å²) in [6.45, 7) is 0. The Kier molecular flexibility index (Phi) is 2.73. The molecule has 1 unspecified atom stereocenters. The van der Waals surface area contributed by atoms with Crippen molar-refractivity contribution in [1.82, 2.24) is 5.32 Å². The van der Waals surface area contributed by atoms with E-state index in [2.05, 4.69) is 5.32 Å². The van der Waals surface area contributed by atoms with Gasteiger partial charge in [0, 0.05) is 11.4 Å². The molecule has 1 aliphatic heterocycles. The lowest BCUT2D eigenvalue weighted by Crippen LogP contribution is -2.39. The Morgan fingerprint density at radius 3 is 2.80 bits per heavy atom. The van der Waals surface area contributed by atoms with Crippen LogP contribution < -0.4 is 5.32 Å². The summed E-state index contributed by atoms with van der Waals surface area (Å²) in [6.07, 6.45) is 0.952. The van der Waals surface area contributed by atoms with Crippen molar-refractivity contribution in [1.29, 1.82) is 0 Å². The zero-order valence-corrected chi connectivity index (χ0v) is 8.75. The molecule has 1 fully saturated rings. The third kappa shape index (κ3) is 2.18. The fraction of sp³-hybridized carbons (Fsp3) is 0.273. The van der Waals surface area contributed by atoms with Gasteiger partial charge in [-0.3, -0.25) is 14.9 Å². The smallest absolute Gasteiger partial charge is 0.234 e. The van der Waals surface area contributed by atoms with Crippen molar-refractivity contribution in [3.8, 4) is 0 Å². The Hall–Kier alpha value is -1.35. The zero-order valence-electron chi connectivity index (χ0n) is 8.00. The van der Waals surface area contributed by atoms with Crippen LogP contribution in [0.5, 0.6) is 0 Å². The Balaban J connectivity index is 2.24. The summed E-state index contributed by atoms with van der Waals surface area (Å²) >= 11 is 5.84. The Bertz CT molecular complexity index is 417. The van der Waals surface area contributed by atoms with Crippen LogP contribution in [0.15, 0.2) is 24.3 Å². The second-order valence-electron chi connectivity index (χ2n) is 3.56. The van der Waals surface area contributed by atoms with Crippen molar-refractivity contribution in [2.75, 3.05) is 0 Å². The average Bonchev–Trinajstić information content (AvgIpc) is 2.17. The van der Waals surface area contributed by atoms with Crippen LogP contribution in [0.4, 0.5) is 0 Å². The van der Waals surface area contributed by atoms with Crippen LogP contribution in [0.1, 0.15) is 24.3 Å². The van der Waals surface area contributed by atoms with Gasteiger partial charge in [0.15, 0.2) is 0 Å². The van der Waals surface area contributed by atoms with Gasteiger partial charge in [0.2, 0.25) is 11.8 Å². The molecule has 1 atom stereocenters. The number of hydrogen-bond acceptors (Lipinski definition) is 2. The first-order chi connectivity index (χ1) is 7.16. The zero-order chi connectivity index (χ0) is 10.8. The molecule has 78 valence electrons. The van der Waals surface area contributed by atoms with Crippen molar-refractivity contribution in [3.05, 3.63) is 34.9 Å². The van der Waals surface area contributed by atoms with Crippen LogP contribution in [-0.2, 0) is 9.59 Å². The van der Waals surface area contributed by atoms with E-state index in [9.17, 15) is 9.59 Å². The van der Waals surface area contributed by atoms with Crippen molar-refractivity contribution in [2.45, 2.75) is 18.8 Å². The predicted octanol–water partition coefficient (Wildman–Crippen LogP) is 1.86. The molecule has 1 aromatic rings. The Morgan fingerprint density at radius 1 is 1.33 bits per heavy atom. The molecule has 1 heterocycles. The molecule has 2 amide bonds. The van der Waals surface area contributed by atoms with Gasteiger partial charge in [0.25, 0.3) is 0 Å². The van der Waals surface area contributed by atoms with Gasteiger partial charge in [-0.15, -0.1) is 0 Å². The molecule has 2 rings (SSSR count). The Morgan fingerprint density at radius 2 is 2.13 bits per heavy atom. The molecule has 1 aromatic carbocycles. The maximum absolute atomic E-state index is 11.5. The van der Waals surface area contributed by atoms with Crippen LogP contribution in [-0.4, -0.2) is 11.8 Å². The summed E-state index contributed by atoms with van der Waals surface area (Å²) in [5.41, 5.74) is 0.868. The van der Waals surface area contributed by atoms with Crippen molar-refractivity contribution >= 4 is 23.4 Å². The highest BCUT2D eigenvalue weighted by molar-refractivity contribution is 6.30. The maximum Gasteiger partial charge on any atom is 0.234 e.